The molecule has 0 saturated carbocycles. The van der Waals surface area contributed by atoms with E-state index >= 15 is 0 Å². The number of sulfonamides is 1. The van der Waals surface area contributed by atoms with E-state index in [0.717, 1.165) is 11.1 Å². The summed E-state index contributed by atoms with van der Waals surface area (Å²) in [5, 5.41) is 9.54. The normalized spacial score (nSPS) is 12.1. The molecule has 216 valence electrons. The summed E-state index contributed by atoms with van der Waals surface area (Å²) in [4.78, 5) is 51.2. The monoisotopic (exact) mass is 579 g/mol. The number of nitrogens with zero attached hydrogens (tertiary/aromatic N) is 1. The third kappa shape index (κ3) is 8.59. The van der Waals surface area contributed by atoms with Crippen molar-refractivity contribution in [2.45, 2.75) is 44.0 Å². The Balaban J connectivity index is 1.87. The lowest BCUT2D eigenvalue weighted by atomic mass is 9.92. The van der Waals surface area contributed by atoms with Crippen LogP contribution in [0, 0.1) is 11.8 Å². The Labute approximate surface area is 239 Å². The quantitative estimate of drug-likeness (QED) is 0.284. The number of benzene rings is 3. The van der Waals surface area contributed by atoms with E-state index in [-0.39, 0.29) is 4.90 Å². The maximum atomic E-state index is 13.5. The van der Waals surface area contributed by atoms with Crippen molar-refractivity contribution in [2.75, 3.05) is 6.61 Å². The standard InChI is InChI=1S/C31H33NO8S/c1-22(2)30(36)32(41(38,39)26-16-10-5-11-17-26)27(20-29(34)35)28(33)21-40-31(37)25(18-23-12-6-3-7-13-23)19-24-14-8-4-9-15-24/h3-17,22,25,27H,18-21H2,1-2H3,(H,34,35). The zero-order chi connectivity index (χ0) is 30.0. The zero-order valence-corrected chi connectivity index (χ0v) is 23.7. The van der Waals surface area contributed by atoms with E-state index in [1.165, 1.54) is 38.1 Å². The van der Waals surface area contributed by atoms with Gasteiger partial charge in [-0.05, 0) is 36.1 Å². The van der Waals surface area contributed by atoms with Crippen molar-refractivity contribution in [3.8, 4) is 0 Å². The van der Waals surface area contributed by atoms with E-state index in [1.54, 1.807) is 6.07 Å². The summed E-state index contributed by atoms with van der Waals surface area (Å²) in [5.74, 6) is -5.72. The number of ketones is 1. The van der Waals surface area contributed by atoms with Gasteiger partial charge in [-0.15, -0.1) is 0 Å². The Morgan fingerprint density at radius 1 is 0.780 bits per heavy atom. The Morgan fingerprint density at radius 2 is 1.24 bits per heavy atom. The van der Waals surface area contributed by atoms with Crippen LogP contribution in [-0.2, 0) is 46.8 Å². The average molecular weight is 580 g/mol. The number of aliphatic carboxylic acids is 1. The van der Waals surface area contributed by atoms with Crippen LogP contribution in [0.4, 0.5) is 0 Å². The summed E-state index contributed by atoms with van der Waals surface area (Å²) in [5.41, 5.74) is 1.76. The fraction of sp³-hybridized carbons (Fsp3) is 0.290. The van der Waals surface area contributed by atoms with E-state index in [1.807, 2.05) is 60.7 Å². The lowest BCUT2D eigenvalue weighted by Crippen LogP contribution is -2.52. The molecular weight excluding hydrogens is 546 g/mol. The number of hydrogen-bond donors (Lipinski definition) is 1. The van der Waals surface area contributed by atoms with Crippen molar-refractivity contribution in [1.82, 2.24) is 4.31 Å². The molecule has 0 aromatic heterocycles. The van der Waals surface area contributed by atoms with Gasteiger partial charge in [-0.25, -0.2) is 12.7 Å². The molecule has 9 nitrogen and oxygen atoms in total. The van der Waals surface area contributed by atoms with Crippen LogP contribution in [0.2, 0.25) is 0 Å². The van der Waals surface area contributed by atoms with E-state index < -0.39 is 64.6 Å². The van der Waals surface area contributed by atoms with Crippen molar-refractivity contribution in [3.63, 3.8) is 0 Å². The Hall–Kier alpha value is -4.31. The minimum absolute atomic E-state index is 0.278. The van der Waals surface area contributed by atoms with Gasteiger partial charge in [0.1, 0.15) is 6.04 Å². The highest BCUT2D eigenvalue weighted by Crippen LogP contribution is 2.24. The first-order chi connectivity index (χ1) is 19.5. The Kier molecular flexibility index (Phi) is 10.9. The minimum Gasteiger partial charge on any atom is -0.481 e. The molecule has 0 bridgehead atoms. The average Bonchev–Trinajstić information content (AvgIpc) is 2.96. The first-order valence-corrected chi connectivity index (χ1v) is 14.6. The predicted molar refractivity (Wildman–Crippen MR) is 151 cm³/mol. The van der Waals surface area contributed by atoms with Crippen LogP contribution in [0.25, 0.3) is 0 Å². The van der Waals surface area contributed by atoms with Crippen molar-refractivity contribution in [3.05, 3.63) is 102 Å². The van der Waals surface area contributed by atoms with E-state index in [0.29, 0.717) is 17.1 Å². The molecule has 1 N–H and O–H groups in total. The van der Waals surface area contributed by atoms with Crippen molar-refractivity contribution < 1.29 is 37.4 Å². The first kappa shape index (κ1) is 31.2. The molecular formula is C31H33NO8S. The molecule has 0 aliphatic heterocycles. The molecule has 0 saturated heterocycles. The van der Waals surface area contributed by atoms with Crippen LogP contribution < -0.4 is 0 Å². The molecule has 0 aliphatic rings. The van der Waals surface area contributed by atoms with Crippen LogP contribution in [-0.4, -0.2) is 54.1 Å². The number of carboxylic acids is 1. The molecule has 41 heavy (non-hydrogen) atoms. The Bertz CT molecular complexity index is 1400. The summed E-state index contributed by atoms with van der Waals surface area (Å²) in [6.45, 7) is 1.98. The predicted octanol–water partition coefficient (Wildman–Crippen LogP) is 3.92. The highest BCUT2D eigenvalue weighted by Gasteiger charge is 2.42. The fourth-order valence-electron chi connectivity index (χ4n) is 4.29. The number of esters is 1. The topological polar surface area (TPSA) is 135 Å². The molecule has 1 amide bonds. The van der Waals surface area contributed by atoms with Crippen LogP contribution in [0.5, 0.6) is 0 Å². The maximum absolute atomic E-state index is 13.5. The molecule has 10 heteroatoms. The lowest BCUT2D eigenvalue weighted by molar-refractivity contribution is -0.154. The molecule has 3 rings (SSSR count). The van der Waals surface area contributed by atoms with Gasteiger partial charge in [0.05, 0.1) is 17.2 Å². The van der Waals surface area contributed by atoms with Gasteiger partial charge in [-0.1, -0.05) is 92.7 Å². The number of carbonyl (C=O) groups is 4. The van der Waals surface area contributed by atoms with Crippen LogP contribution in [0.1, 0.15) is 31.4 Å². The second kappa shape index (κ2) is 14.4. The van der Waals surface area contributed by atoms with Gasteiger partial charge < -0.3 is 9.84 Å². The van der Waals surface area contributed by atoms with E-state index in [4.69, 9.17) is 4.74 Å². The summed E-state index contributed by atoms with van der Waals surface area (Å²) in [6.07, 6.45) is -0.346. The molecule has 3 aromatic carbocycles. The zero-order valence-electron chi connectivity index (χ0n) is 22.9. The van der Waals surface area contributed by atoms with Crippen molar-refractivity contribution in [2.24, 2.45) is 11.8 Å². The third-order valence-corrected chi connectivity index (χ3v) is 8.19. The molecule has 0 spiro atoms. The Morgan fingerprint density at radius 3 is 1.68 bits per heavy atom. The van der Waals surface area contributed by atoms with Gasteiger partial charge >= 0.3 is 11.9 Å². The maximum Gasteiger partial charge on any atom is 0.310 e. The van der Waals surface area contributed by atoms with Gasteiger partial charge in [0.25, 0.3) is 10.0 Å². The van der Waals surface area contributed by atoms with Crippen molar-refractivity contribution in [1.29, 1.82) is 0 Å². The van der Waals surface area contributed by atoms with Gasteiger partial charge in [-0.2, -0.15) is 0 Å². The summed E-state index contributed by atoms with van der Waals surface area (Å²) >= 11 is 0. The molecule has 3 aromatic rings. The first-order valence-electron chi connectivity index (χ1n) is 13.1. The highest BCUT2D eigenvalue weighted by molar-refractivity contribution is 7.89. The van der Waals surface area contributed by atoms with Crippen molar-refractivity contribution >= 4 is 33.7 Å². The molecule has 0 radical (unpaired) electrons. The number of Topliss-reactive ketones (excluding diaryl/α,β-unsaturated/α-hetero) is 1. The summed E-state index contributed by atoms with van der Waals surface area (Å²) < 4.78 is 32.7. The fourth-order valence-corrected chi connectivity index (χ4v) is 5.99. The smallest absolute Gasteiger partial charge is 0.310 e. The van der Waals surface area contributed by atoms with E-state index in [9.17, 15) is 32.7 Å². The number of carbonyl (C=O) groups excluding carboxylic acids is 3. The van der Waals surface area contributed by atoms with E-state index in [2.05, 4.69) is 0 Å². The number of hydrogen-bond acceptors (Lipinski definition) is 7. The molecule has 0 aliphatic carbocycles. The highest BCUT2D eigenvalue weighted by atomic mass is 32.2. The van der Waals surface area contributed by atoms with Crippen LogP contribution >= 0.6 is 0 Å². The van der Waals surface area contributed by atoms with Gasteiger partial charge in [-0.3, -0.25) is 19.2 Å². The second-order valence-corrected chi connectivity index (χ2v) is 11.7. The second-order valence-electron chi connectivity index (χ2n) is 9.87. The van der Waals surface area contributed by atoms with Gasteiger partial charge in [0.2, 0.25) is 5.91 Å². The third-order valence-electron chi connectivity index (χ3n) is 6.37. The van der Waals surface area contributed by atoms with Crippen LogP contribution in [0.3, 0.4) is 0 Å². The van der Waals surface area contributed by atoms with Crippen LogP contribution in [0.15, 0.2) is 95.9 Å². The largest absolute Gasteiger partial charge is 0.481 e. The molecule has 1 atom stereocenters. The SMILES string of the molecule is CC(C)C(=O)N(C(CC(=O)O)C(=O)COC(=O)C(Cc1ccccc1)Cc1ccccc1)S(=O)(=O)c1ccccc1. The molecule has 1 unspecified atom stereocenters. The van der Waals surface area contributed by atoms with Gasteiger partial charge in [0, 0.05) is 5.92 Å². The summed E-state index contributed by atoms with van der Waals surface area (Å²) in [7, 11) is -4.61. The number of rotatable bonds is 14. The lowest BCUT2D eigenvalue weighted by Gasteiger charge is -2.30. The summed E-state index contributed by atoms with van der Waals surface area (Å²) in [6, 6.07) is 23.6. The molecule has 0 heterocycles. The number of amides is 1. The van der Waals surface area contributed by atoms with Gasteiger partial charge in [0.15, 0.2) is 12.4 Å². The number of ether oxygens (including phenoxy) is 1. The minimum atomic E-state index is -4.61. The molecule has 0 fully saturated rings. The number of carboxylic acid groups (broad SMARTS) is 1.